The molecule has 0 N–H and O–H groups in total. The molecule has 5 fully saturated rings. The molecule has 1 saturated heterocycles. The van der Waals surface area contributed by atoms with Crippen LogP contribution in [0.1, 0.15) is 91.4 Å². The third kappa shape index (κ3) is 3.56. The minimum Gasteiger partial charge on any atom is -0.381 e. The van der Waals surface area contributed by atoms with Crippen LogP contribution in [0.25, 0.3) is 0 Å². The average Bonchev–Trinajstić information content (AvgIpc) is 3.35. The van der Waals surface area contributed by atoms with Crippen LogP contribution in [0.5, 0.6) is 0 Å². The summed E-state index contributed by atoms with van der Waals surface area (Å²) >= 11 is 0. The highest BCUT2D eigenvalue weighted by atomic mass is 16.7. The number of fused-ring (bicyclic) bond motifs is 5. The maximum Gasteiger partial charge on any atom is 0.168 e. The van der Waals surface area contributed by atoms with Gasteiger partial charge in [0.25, 0.3) is 0 Å². The fourth-order valence-corrected chi connectivity index (χ4v) is 9.49. The molecule has 0 aromatic heterocycles. The molecule has 5 aliphatic rings. The van der Waals surface area contributed by atoms with Gasteiger partial charge >= 0.3 is 0 Å². The molecule has 4 unspecified atom stereocenters. The van der Waals surface area contributed by atoms with E-state index in [-0.39, 0.29) is 5.79 Å². The highest BCUT2D eigenvalue weighted by molar-refractivity contribution is 5.13. The molecule has 4 saturated carbocycles. The van der Waals surface area contributed by atoms with Crippen molar-refractivity contribution in [1.29, 1.82) is 0 Å². The van der Waals surface area contributed by atoms with Gasteiger partial charge in [-0.3, -0.25) is 0 Å². The predicted molar refractivity (Wildman–Crippen MR) is 125 cm³/mol. The fourth-order valence-electron chi connectivity index (χ4n) is 9.49. The Morgan fingerprint density at radius 3 is 2.48 bits per heavy atom. The maximum absolute atomic E-state index is 6.19. The van der Waals surface area contributed by atoms with Crippen molar-refractivity contribution in [2.45, 2.75) is 103 Å². The number of hydrogen-bond acceptors (Lipinski definition) is 3. The quantitative estimate of drug-likeness (QED) is 0.451. The van der Waals surface area contributed by atoms with Crippen molar-refractivity contribution in [3.63, 3.8) is 0 Å². The third-order valence-electron chi connectivity index (χ3n) is 10.8. The normalized spacial score (nSPS) is 48.6. The van der Waals surface area contributed by atoms with E-state index in [4.69, 9.17) is 14.2 Å². The molecule has 1 aliphatic heterocycles. The third-order valence-corrected chi connectivity index (χ3v) is 10.8. The highest BCUT2D eigenvalue weighted by Gasteiger charge is 2.64. The van der Waals surface area contributed by atoms with Crippen LogP contribution < -0.4 is 0 Å². The van der Waals surface area contributed by atoms with Crippen LogP contribution in [0.15, 0.2) is 12.2 Å². The average molecular weight is 431 g/mol. The molecule has 1 heterocycles. The number of unbranched alkanes of at least 4 members (excludes halogenated alkanes) is 1. The summed E-state index contributed by atoms with van der Waals surface area (Å²) in [4.78, 5) is 0. The molecule has 4 aliphatic carbocycles. The van der Waals surface area contributed by atoms with Gasteiger partial charge in [0, 0.05) is 20.0 Å². The maximum atomic E-state index is 6.19. The van der Waals surface area contributed by atoms with E-state index in [2.05, 4.69) is 32.9 Å². The number of hydrogen-bond donors (Lipinski definition) is 0. The van der Waals surface area contributed by atoms with Crippen molar-refractivity contribution in [1.82, 2.24) is 0 Å². The second-order valence-corrected chi connectivity index (χ2v) is 12.2. The fraction of sp³-hybridized carbons (Fsp3) is 0.929. The van der Waals surface area contributed by atoms with Gasteiger partial charge in [-0.05, 0) is 91.8 Å². The van der Waals surface area contributed by atoms with E-state index in [9.17, 15) is 0 Å². The number of allylic oxidation sites excluding steroid dienone is 2. The van der Waals surface area contributed by atoms with E-state index in [1.807, 2.05) is 7.11 Å². The van der Waals surface area contributed by atoms with Gasteiger partial charge in [-0.15, -0.1) is 0 Å². The van der Waals surface area contributed by atoms with Crippen molar-refractivity contribution in [2.24, 2.45) is 40.4 Å². The zero-order valence-corrected chi connectivity index (χ0v) is 20.5. The largest absolute Gasteiger partial charge is 0.381 e. The lowest BCUT2D eigenvalue weighted by molar-refractivity contribution is -0.237. The van der Waals surface area contributed by atoms with Gasteiger partial charge in [-0.1, -0.05) is 39.3 Å². The van der Waals surface area contributed by atoms with E-state index in [1.165, 1.54) is 57.8 Å². The zero-order valence-electron chi connectivity index (χ0n) is 20.5. The highest BCUT2D eigenvalue weighted by Crippen LogP contribution is 2.69. The van der Waals surface area contributed by atoms with Crippen LogP contribution in [0.3, 0.4) is 0 Å². The molecule has 5 rings (SSSR count). The summed E-state index contributed by atoms with van der Waals surface area (Å²) in [5, 5.41) is 0. The lowest BCUT2D eigenvalue weighted by Gasteiger charge is -2.64. The monoisotopic (exact) mass is 430 g/mol. The van der Waals surface area contributed by atoms with Crippen LogP contribution >= 0.6 is 0 Å². The van der Waals surface area contributed by atoms with Crippen LogP contribution in [-0.2, 0) is 14.2 Å². The Kier molecular flexibility index (Phi) is 6.10. The van der Waals surface area contributed by atoms with Crippen molar-refractivity contribution in [2.75, 3.05) is 20.3 Å². The van der Waals surface area contributed by atoms with Gasteiger partial charge in [-0.25, -0.2) is 0 Å². The van der Waals surface area contributed by atoms with Gasteiger partial charge in [0.15, 0.2) is 5.79 Å². The number of rotatable bonds is 5. The second kappa shape index (κ2) is 8.44. The molecule has 31 heavy (non-hydrogen) atoms. The minimum atomic E-state index is -0.245. The van der Waals surface area contributed by atoms with Crippen LogP contribution in [0.2, 0.25) is 0 Å². The Bertz CT molecular complexity index is 667. The van der Waals surface area contributed by atoms with E-state index >= 15 is 0 Å². The van der Waals surface area contributed by atoms with Gasteiger partial charge < -0.3 is 14.2 Å². The summed E-state index contributed by atoms with van der Waals surface area (Å²) in [5.74, 6) is 3.89. The van der Waals surface area contributed by atoms with Gasteiger partial charge in [0.2, 0.25) is 0 Å². The SMILES string of the molecule is CCC/C=C/C[C@H]1C[C@]2(C)C(OC)CCC2C2CCC3CC4(CC[C@]3(C)[C@H]21)OCCO4. The first kappa shape index (κ1) is 22.4. The van der Waals surface area contributed by atoms with Gasteiger partial charge in [-0.2, -0.15) is 0 Å². The van der Waals surface area contributed by atoms with E-state index in [1.54, 1.807) is 0 Å². The molecule has 3 nitrogen and oxygen atoms in total. The number of ether oxygens (including phenoxy) is 3. The second-order valence-electron chi connectivity index (χ2n) is 12.2. The summed E-state index contributed by atoms with van der Waals surface area (Å²) in [5.41, 5.74) is 0.815. The zero-order chi connectivity index (χ0) is 21.7. The van der Waals surface area contributed by atoms with E-state index in [0.29, 0.717) is 16.9 Å². The molecule has 8 atom stereocenters. The molecular weight excluding hydrogens is 384 g/mol. The topological polar surface area (TPSA) is 27.7 Å². The van der Waals surface area contributed by atoms with Crippen molar-refractivity contribution < 1.29 is 14.2 Å². The standard InChI is InChI=1S/C28H46O3/c1-5-6-7-8-9-20-18-27(3)23(12-13-24(27)29-4)22-11-10-21-19-28(30-16-17-31-28)15-14-26(21,2)25(20)22/h7-8,20-25H,5-6,9-19H2,1-4H3/b8-7+/t20-,21?,22?,23?,24?,25-,26-,27-/m0/s1. The van der Waals surface area contributed by atoms with E-state index < -0.39 is 0 Å². The van der Waals surface area contributed by atoms with Crippen LogP contribution in [-0.4, -0.2) is 32.2 Å². The Hall–Kier alpha value is -0.380. The van der Waals surface area contributed by atoms with E-state index in [0.717, 1.165) is 55.6 Å². The molecule has 3 heteroatoms. The molecule has 0 radical (unpaired) electrons. The van der Waals surface area contributed by atoms with Crippen molar-refractivity contribution in [3.8, 4) is 0 Å². The van der Waals surface area contributed by atoms with Crippen LogP contribution in [0.4, 0.5) is 0 Å². The smallest absolute Gasteiger partial charge is 0.168 e. The molecule has 0 aromatic carbocycles. The van der Waals surface area contributed by atoms with Gasteiger partial charge in [0.1, 0.15) is 0 Å². The predicted octanol–water partition coefficient (Wildman–Crippen LogP) is 6.76. The first-order chi connectivity index (χ1) is 15.0. The Morgan fingerprint density at radius 1 is 0.935 bits per heavy atom. The first-order valence-electron chi connectivity index (χ1n) is 13.4. The minimum absolute atomic E-state index is 0.245. The van der Waals surface area contributed by atoms with Crippen LogP contribution in [0, 0.1) is 40.4 Å². The molecule has 0 amide bonds. The lowest BCUT2D eigenvalue weighted by atomic mass is 9.42. The summed E-state index contributed by atoms with van der Waals surface area (Å²) < 4.78 is 18.5. The van der Waals surface area contributed by atoms with Crippen molar-refractivity contribution >= 4 is 0 Å². The number of methoxy groups -OCH3 is 1. The Morgan fingerprint density at radius 2 is 1.74 bits per heavy atom. The summed E-state index contributed by atoms with van der Waals surface area (Å²) in [6.07, 6.45) is 19.5. The lowest BCUT2D eigenvalue weighted by Crippen LogP contribution is -2.59. The molecule has 0 aromatic rings. The molecule has 0 bridgehead atoms. The Labute approximate surface area is 190 Å². The Balaban J connectivity index is 1.44. The molecular formula is C28H46O3. The summed E-state index contributed by atoms with van der Waals surface area (Å²) in [6.45, 7) is 9.12. The summed E-state index contributed by atoms with van der Waals surface area (Å²) in [7, 11) is 1.96. The summed E-state index contributed by atoms with van der Waals surface area (Å²) in [6, 6.07) is 0. The van der Waals surface area contributed by atoms with Crippen molar-refractivity contribution in [3.05, 3.63) is 12.2 Å². The first-order valence-corrected chi connectivity index (χ1v) is 13.4. The molecule has 176 valence electrons. The molecule has 1 spiro atoms. The van der Waals surface area contributed by atoms with Gasteiger partial charge in [0.05, 0.1) is 19.3 Å².